The van der Waals surface area contributed by atoms with Crippen LogP contribution in [0.3, 0.4) is 0 Å². The molecule has 2 rings (SSSR count). The molecule has 130 valence electrons. The molecule has 1 aromatic rings. The smallest absolute Gasteiger partial charge is 0.342 e. The molecule has 2 amide bonds. The van der Waals surface area contributed by atoms with Crippen LogP contribution in [-0.4, -0.2) is 37.2 Å². The molecule has 8 heteroatoms. The van der Waals surface area contributed by atoms with E-state index in [-0.39, 0.29) is 24.5 Å². The highest BCUT2D eigenvalue weighted by Crippen LogP contribution is 2.17. The topological polar surface area (TPSA) is 107 Å². The van der Waals surface area contributed by atoms with Gasteiger partial charge in [-0.05, 0) is 33.8 Å². The van der Waals surface area contributed by atoms with E-state index in [4.69, 9.17) is 13.9 Å². The molecule has 1 aliphatic heterocycles. The molecule has 8 nitrogen and oxygen atoms in total. The van der Waals surface area contributed by atoms with Crippen LogP contribution in [0.15, 0.2) is 21.8 Å². The van der Waals surface area contributed by atoms with Gasteiger partial charge in [0.05, 0.1) is 23.9 Å². The summed E-state index contributed by atoms with van der Waals surface area (Å²) in [6, 6.07) is 0.545. The summed E-state index contributed by atoms with van der Waals surface area (Å²) in [5.41, 5.74) is 0.736. The van der Waals surface area contributed by atoms with Crippen LogP contribution >= 0.6 is 0 Å². The molecule has 0 radical (unpaired) electrons. The number of ether oxygens (including phenoxy) is 2. The van der Waals surface area contributed by atoms with E-state index in [1.165, 1.54) is 0 Å². The maximum Gasteiger partial charge on any atom is 0.342 e. The van der Waals surface area contributed by atoms with Crippen LogP contribution in [0.25, 0.3) is 0 Å². The number of nitrogens with one attached hydrogen (secondary N) is 2. The summed E-state index contributed by atoms with van der Waals surface area (Å²) in [6.45, 7) is 6.65. The SMILES string of the molecule is CCOC(=O)C1=C(COC(=O)c2cc(C)oc2C)NC(=O)NC1C. The van der Waals surface area contributed by atoms with Crippen molar-refractivity contribution in [1.82, 2.24) is 10.6 Å². The third-order valence-electron chi connectivity index (χ3n) is 3.47. The van der Waals surface area contributed by atoms with Crippen LogP contribution in [0.1, 0.15) is 35.7 Å². The van der Waals surface area contributed by atoms with E-state index in [1.54, 1.807) is 33.8 Å². The van der Waals surface area contributed by atoms with Gasteiger partial charge in [0.15, 0.2) is 0 Å². The second-order valence-electron chi connectivity index (χ2n) is 5.34. The van der Waals surface area contributed by atoms with E-state index < -0.39 is 24.0 Å². The van der Waals surface area contributed by atoms with E-state index in [1.807, 2.05) is 0 Å². The summed E-state index contributed by atoms with van der Waals surface area (Å²) in [7, 11) is 0. The third kappa shape index (κ3) is 3.76. The zero-order valence-electron chi connectivity index (χ0n) is 14.0. The van der Waals surface area contributed by atoms with Gasteiger partial charge in [-0.2, -0.15) is 0 Å². The predicted octanol–water partition coefficient (Wildman–Crippen LogP) is 1.57. The fourth-order valence-corrected chi connectivity index (χ4v) is 2.44. The molecule has 2 heterocycles. The summed E-state index contributed by atoms with van der Waals surface area (Å²) >= 11 is 0. The first kappa shape index (κ1) is 17.6. The third-order valence-corrected chi connectivity index (χ3v) is 3.47. The largest absolute Gasteiger partial charge is 0.466 e. The molecule has 0 saturated carbocycles. The molecule has 1 atom stereocenters. The molecule has 24 heavy (non-hydrogen) atoms. The molecule has 2 N–H and O–H groups in total. The lowest BCUT2D eigenvalue weighted by Crippen LogP contribution is -2.50. The minimum Gasteiger partial charge on any atom is -0.466 e. The quantitative estimate of drug-likeness (QED) is 0.791. The fourth-order valence-electron chi connectivity index (χ4n) is 2.44. The van der Waals surface area contributed by atoms with E-state index in [9.17, 15) is 14.4 Å². The van der Waals surface area contributed by atoms with Crippen LogP contribution in [0.2, 0.25) is 0 Å². The van der Waals surface area contributed by atoms with Crippen molar-refractivity contribution in [3.8, 4) is 0 Å². The number of hydrogen-bond donors (Lipinski definition) is 2. The van der Waals surface area contributed by atoms with E-state index >= 15 is 0 Å². The van der Waals surface area contributed by atoms with Gasteiger partial charge in [0, 0.05) is 0 Å². The Labute approximate surface area is 139 Å². The van der Waals surface area contributed by atoms with Crippen LogP contribution in [0.5, 0.6) is 0 Å². The van der Waals surface area contributed by atoms with Gasteiger partial charge in [-0.1, -0.05) is 0 Å². The Hall–Kier alpha value is -2.77. The standard InChI is InChI=1S/C16H20N2O6/c1-5-22-15(20)13-9(3)17-16(21)18-12(13)7-23-14(19)11-6-8(2)24-10(11)4/h6,9H,5,7H2,1-4H3,(H2,17,18,21). The molecular formula is C16H20N2O6. The molecule has 0 saturated heterocycles. The predicted molar refractivity (Wildman–Crippen MR) is 83.3 cm³/mol. The minimum absolute atomic E-state index is 0.198. The first-order valence-corrected chi connectivity index (χ1v) is 7.55. The van der Waals surface area contributed by atoms with Crippen molar-refractivity contribution in [2.75, 3.05) is 13.2 Å². The summed E-state index contributed by atoms with van der Waals surface area (Å²) in [6.07, 6.45) is 0. The molecule has 1 unspecified atom stereocenters. The molecule has 1 aliphatic rings. The summed E-state index contributed by atoms with van der Waals surface area (Å²) < 4.78 is 15.5. The number of carbonyl (C=O) groups is 3. The number of carbonyl (C=O) groups excluding carboxylic acids is 3. The lowest BCUT2D eigenvalue weighted by atomic mass is 10.0. The number of rotatable bonds is 5. The van der Waals surface area contributed by atoms with Crippen molar-refractivity contribution < 1.29 is 28.3 Å². The molecule has 0 aromatic carbocycles. The number of esters is 2. The fraction of sp³-hybridized carbons (Fsp3) is 0.438. The van der Waals surface area contributed by atoms with Crippen molar-refractivity contribution >= 4 is 18.0 Å². The normalized spacial score (nSPS) is 17.2. The second kappa shape index (κ2) is 7.20. The van der Waals surface area contributed by atoms with Crippen LogP contribution in [-0.2, 0) is 14.3 Å². The second-order valence-corrected chi connectivity index (χ2v) is 5.34. The number of urea groups is 1. The Morgan fingerprint density at radius 1 is 1.25 bits per heavy atom. The first-order valence-electron chi connectivity index (χ1n) is 7.55. The molecule has 1 aromatic heterocycles. The maximum absolute atomic E-state index is 12.1. The summed E-state index contributed by atoms with van der Waals surface area (Å²) in [5, 5.41) is 5.06. The van der Waals surface area contributed by atoms with Gasteiger partial charge in [-0.3, -0.25) is 0 Å². The van der Waals surface area contributed by atoms with Gasteiger partial charge < -0.3 is 24.5 Å². The van der Waals surface area contributed by atoms with Crippen LogP contribution in [0.4, 0.5) is 4.79 Å². The highest BCUT2D eigenvalue weighted by Gasteiger charge is 2.30. The Morgan fingerprint density at radius 3 is 2.54 bits per heavy atom. The Balaban J connectivity index is 2.18. The monoisotopic (exact) mass is 336 g/mol. The van der Waals surface area contributed by atoms with Crippen LogP contribution < -0.4 is 10.6 Å². The molecule has 0 fully saturated rings. The molecular weight excluding hydrogens is 316 g/mol. The highest BCUT2D eigenvalue weighted by atomic mass is 16.5. The lowest BCUT2D eigenvalue weighted by molar-refractivity contribution is -0.139. The van der Waals surface area contributed by atoms with E-state index in [2.05, 4.69) is 10.6 Å². The number of amides is 2. The van der Waals surface area contributed by atoms with Gasteiger partial charge in [0.1, 0.15) is 23.7 Å². The Bertz CT molecular complexity index is 703. The first-order chi connectivity index (χ1) is 11.3. The van der Waals surface area contributed by atoms with Gasteiger partial charge >= 0.3 is 18.0 Å². The average Bonchev–Trinajstić information content (AvgIpc) is 2.83. The van der Waals surface area contributed by atoms with Crippen molar-refractivity contribution in [3.05, 3.63) is 34.4 Å². The van der Waals surface area contributed by atoms with Crippen molar-refractivity contribution in [3.63, 3.8) is 0 Å². The maximum atomic E-state index is 12.1. The Kier molecular flexibility index (Phi) is 5.28. The van der Waals surface area contributed by atoms with Gasteiger partial charge in [0.2, 0.25) is 0 Å². The van der Waals surface area contributed by atoms with Crippen molar-refractivity contribution in [1.29, 1.82) is 0 Å². The molecule has 0 spiro atoms. The summed E-state index contributed by atoms with van der Waals surface area (Å²) in [5.74, 6) is -0.131. The zero-order chi connectivity index (χ0) is 17.9. The van der Waals surface area contributed by atoms with E-state index in [0.717, 1.165) is 0 Å². The summed E-state index contributed by atoms with van der Waals surface area (Å²) in [4.78, 5) is 35.8. The zero-order valence-corrected chi connectivity index (χ0v) is 14.0. The van der Waals surface area contributed by atoms with Gasteiger partial charge in [-0.15, -0.1) is 0 Å². The van der Waals surface area contributed by atoms with Crippen molar-refractivity contribution in [2.24, 2.45) is 0 Å². The van der Waals surface area contributed by atoms with Crippen molar-refractivity contribution in [2.45, 2.75) is 33.7 Å². The highest BCUT2D eigenvalue weighted by molar-refractivity contribution is 5.95. The number of hydrogen-bond acceptors (Lipinski definition) is 6. The molecule has 0 bridgehead atoms. The van der Waals surface area contributed by atoms with Gasteiger partial charge in [0.25, 0.3) is 0 Å². The van der Waals surface area contributed by atoms with Gasteiger partial charge in [-0.25, -0.2) is 14.4 Å². The minimum atomic E-state index is -0.597. The lowest BCUT2D eigenvalue weighted by Gasteiger charge is -2.26. The number of aryl methyl sites for hydroxylation is 2. The number of furan rings is 1. The average molecular weight is 336 g/mol. The van der Waals surface area contributed by atoms with E-state index in [0.29, 0.717) is 17.1 Å². The Morgan fingerprint density at radius 2 is 1.96 bits per heavy atom. The van der Waals surface area contributed by atoms with Crippen LogP contribution in [0, 0.1) is 13.8 Å². The molecule has 0 aliphatic carbocycles.